The van der Waals surface area contributed by atoms with Gasteiger partial charge in [-0.05, 0) is 38.4 Å². The first kappa shape index (κ1) is 13.1. The molecular formula is C12H20N2O4. The molecule has 2 fully saturated rings. The van der Waals surface area contributed by atoms with Gasteiger partial charge in [0.15, 0.2) is 0 Å². The van der Waals surface area contributed by atoms with Crippen molar-refractivity contribution in [1.29, 1.82) is 0 Å². The van der Waals surface area contributed by atoms with Crippen molar-refractivity contribution in [3.63, 3.8) is 0 Å². The molecule has 1 atom stereocenters. The minimum Gasteiger partial charge on any atom is -0.478 e. The van der Waals surface area contributed by atoms with Gasteiger partial charge < -0.3 is 19.6 Å². The van der Waals surface area contributed by atoms with E-state index >= 15 is 0 Å². The fraction of sp³-hybridized carbons (Fsp3) is 0.833. The monoisotopic (exact) mass is 256 g/mol. The fourth-order valence-corrected chi connectivity index (χ4v) is 2.58. The number of carboxylic acids is 1. The summed E-state index contributed by atoms with van der Waals surface area (Å²) in [5.41, 5.74) is 0. The normalized spacial score (nSPS) is 26.4. The lowest BCUT2D eigenvalue weighted by molar-refractivity contribution is -0.144. The predicted molar refractivity (Wildman–Crippen MR) is 64.3 cm³/mol. The number of carboxylic acid groups (broad SMARTS) is 1. The SMILES string of the molecule is CCN1CCC(CN2C[C@H](C(=O)O)OC2=O)CC1. The van der Waals surface area contributed by atoms with E-state index in [9.17, 15) is 9.59 Å². The van der Waals surface area contributed by atoms with Crippen molar-refractivity contribution in [2.75, 3.05) is 32.7 Å². The topological polar surface area (TPSA) is 70.1 Å². The van der Waals surface area contributed by atoms with E-state index in [1.54, 1.807) is 0 Å². The van der Waals surface area contributed by atoms with Gasteiger partial charge in [-0.1, -0.05) is 6.92 Å². The molecule has 0 unspecified atom stereocenters. The Hall–Kier alpha value is -1.30. The zero-order chi connectivity index (χ0) is 13.1. The van der Waals surface area contributed by atoms with Crippen LogP contribution >= 0.6 is 0 Å². The number of piperidine rings is 1. The van der Waals surface area contributed by atoms with Crippen molar-refractivity contribution in [3.8, 4) is 0 Å². The number of hydrogen-bond donors (Lipinski definition) is 1. The van der Waals surface area contributed by atoms with Crippen LogP contribution in [-0.2, 0) is 9.53 Å². The number of likely N-dealkylation sites (tertiary alicyclic amines) is 1. The molecule has 2 aliphatic rings. The van der Waals surface area contributed by atoms with Crippen molar-refractivity contribution in [2.45, 2.75) is 25.9 Å². The summed E-state index contributed by atoms with van der Waals surface area (Å²) in [4.78, 5) is 26.2. The number of aliphatic carboxylic acids is 1. The summed E-state index contributed by atoms with van der Waals surface area (Å²) in [6.07, 6.45) is 0.651. The summed E-state index contributed by atoms with van der Waals surface area (Å²) < 4.78 is 4.80. The van der Waals surface area contributed by atoms with E-state index in [1.807, 2.05) is 0 Å². The number of carbonyl (C=O) groups is 2. The van der Waals surface area contributed by atoms with Crippen LogP contribution in [0.1, 0.15) is 19.8 Å². The van der Waals surface area contributed by atoms with E-state index in [0.29, 0.717) is 12.5 Å². The highest BCUT2D eigenvalue weighted by Crippen LogP contribution is 2.21. The zero-order valence-electron chi connectivity index (χ0n) is 10.7. The van der Waals surface area contributed by atoms with Gasteiger partial charge in [0.2, 0.25) is 6.10 Å². The van der Waals surface area contributed by atoms with Crippen LogP contribution in [0.25, 0.3) is 0 Å². The van der Waals surface area contributed by atoms with E-state index in [1.165, 1.54) is 4.90 Å². The van der Waals surface area contributed by atoms with Crippen LogP contribution in [0.2, 0.25) is 0 Å². The molecule has 0 saturated carbocycles. The van der Waals surface area contributed by atoms with Gasteiger partial charge in [-0.3, -0.25) is 0 Å². The maximum Gasteiger partial charge on any atom is 0.410 e. The maximum absolute atomic E-state index is 11.5. The van der Waals surface area contributed by atoms with Gasteiger partial charge >= 0.3 is 12.1 Å². The lowest BCUT2D eigenvalue weighted by Crippen LogP contribution is -2.39. The smallest absolute Gasteiger partial charge is 0.410 e. The van der Waals surface area contributed by atoms with Crippen LogP contribution in [0.5, 0.6) is 0 Å². The third kappa shape index (κ3) is 2.93. The van der Waals surface area contributed by atoms with E-state index < -0.39 is 18.2 Å². The van der Waals surface area contributed by atoms with Gasteiger partial charge in [0.05, 0.1) is 6.54 Å². The molecule has 2 saturated heterocycles. The van der Waals surface area contributed by atoms with Crippen molar-refractivity contribution >= 4 is 12.1 Å². The van der Waals surface area contributed by atoms with Crippen molar-refractivity contribution in [2.24, 2.45) is 5.92 Å². The molecule has 2 heterocycles. The third-order valence-electron chi connectivity index (χ3n) is 3.80. The average molecular weight is 256 g/mol. The van der Waals surface area contributed by atoms with E-state index in [4.69, 9.17) is 9.84 Å². The van der Waals surface area contributed by atoms with Gasteiger partial charge in [0, 0.05) is 6.54 Å². The molecule has 6 nitrogen and oxygen atoms in total. The molecule has 2 rings (SSSR count). The average Bonchev–Trinajstić information content (AvgIpc) is 2.72. The molecule has 0 bridgehead atoms. The highest BCUT2D eigenvalue weighted by Gasteiger charge is 2.37. The number of cyclic esters (lactones) is 1. The van der Waals surface area contributed by atoms with Gasteiger partial charge in [-0.25, -0.2) is 9.59 Å². The number of ether oxygens (including phenoxy) is 1. The minimum atomic E-state index is -1.06. The molecule has 2 aliphatic heterocycles. The van der Waals surface area contributed by atoms with Crippen LogP contribution < -0.4 is 0 Å². The van der Waals surface area contributed by atoms with E-state index in [-0.39, 0.29) is 6.54 Å². The Morgan fingerprint density at radius 2 is 2.11 bits per heavy atom. The van der Waals surface area contributed by atoms with Crippen LogP contribution in [0.3, 0.4) is 0 Å². The summed E-state index contributed by atoms with van der Waals surface area (Å²) in [6, 6.07) is 0. The summed E-state index contributed by atoms with van der Waals surface area (Å²) in [5.74, 6) is -0.598. The first-order valence-electron chi connectivity index (χ1n) is 6.51. The second-order valence-electron chi connectivity index (χ2n) is 4.99. The van der Waals surface area contributed by atoms with E-state index in [2.05, 4.69) is 11.8 Å². The van der Waals surface area contributed by atoms with E-state index in [0.717, 1.165) is 32.5 Å². The highest BCUT2D eigenvalue weighted by atomic mass is 16.6. The van der Waals surface area contributed by atoms with Crippen LogP contribution in [-0.4, -0.2) is 65.8 Å². The third-order valence-corrected chi connectivity index (χ3v) is 3.80. The molecule has 0 spiro atoms. The molecule has 0 aromatic rings. The number of hydrogen-bond acceptors (Lipinski definition) is 4. The zero-order valence-corrected chi connectivity index (χ0v) is 10.7. The van der Waals surface area contributed by atoms with Crippen LogP contribution in [0.15, 0.2) is 0 Å². The van der Waals surface area contributed by atoms with Gasteiger partial charge in [0.1, 0.15) is 0 Å². The molecule has 0 radical (unpaired) electrons. The number of nitrogens with zero attached hydrogens (tertiary/aromatic N) is 2. The molecule has 6 heteroatoms. The first-order valence-corrected chi connectivity index (χ1v) is 6.51. The van der Waals surface area contributed by atoms with Crippen molar-refractivity contribution < 1.29 is 19.4 Å². The molecule has 0 aromatic heterocycles. The molecule has 0 aliphatic carbocycles. The molecular weight excluding hydrogens is 236 g/mol. The lowest BCUT2D eigenvalue weighted by atomic mass is 9.96. The van der Waals surface area contributed by atoms with Crippen molar-refractivity contribution in [1.82, 2.24) is 9.80 Å². The predicted octanol–water partition coefficient (Wildman–Crippen LogP) is 0.624. The van der Waals surface area contributed by atoms with Gasteiger partial charge in [0.25, 0.3) is 0 Å². The lowest BCUT2D eigenvalue weighted by Gasteiger charge is -2.32. The fourth-order valence-electron chi connectivity index (χ4n) is 2.58. The summed E-state index contributed by atoms with van der Waals surface area (Å²) in [6.45, 7) is 6.15. The maximum atomic E-state index is 11.5. The Balaban J connectivity index is 1.80. The first-order chi connectivity index (χ1) is 8.60. The second-order valence-corrected chi connectivity index (χ2v) is 4.99. The Kier molecular flexibility index (Phi) is 4.06. The minimum absolute atomic E-state index is 0.183. The van der Waals surface area contributed by atoms with Crippen LogP contribution in [0, 0.1) is 5.92 Å². The molecule has 18 heavy (non-hydrogen) atoms. The molecule has 102 valence electrons. The summed E-state index contributed by atoms with van der Waals surface area (Å²) >= 11 is 0. The van der Waals surface area contributed by atoms with Gasteiger partial charge in [-0.2, -0.15) is 0 Å². The number of carbonyl (C=O) groups excluding carboxylic acids is 1. The molecule has 1 amide bonds. The Bertz CT molecular complexity index is 326. The summed E-state index contributed by atoms with van der Waals surface area (Å²) in [5, 5.41) is 8.81. The summed E-state index contributed by atoms with van der Waals surface area (Å²) in [7, 11) is 0. The highest BCUT2D eigenvalue weighted by molar-refractivity contribution is 5.81. The number of rotatable bonds is 4. The molecule has 0 aromatic carbocycles. The Morgan fingerprint density at radius 1 is 1.44 bits per heavy atom. The largest absolute Gasteiger partial charge is 0.478 e. The standard InChI is InChI=1S/C12H20N2O4/c1-2-13-5-3-9(4-6-13)7-14-8-10(11(15)16)18-12(14)17/h9-10H,2-8H2,1H3,(H,15,16)/t10-/m1/s1. The number of amides is 1. The quantitative estimate of drug-likeness (QED) is 0.798. The Morgan fingerprint density at radius 3 is 2.61 bits per heavy atom. The van der Waals surface area contributed by atoms with Crippen molar-refractivity contribution in [3.05, 3.63) is 0 Å². The second kappa shape index (κ2) is 5.56. The van der Waals surface area contributed by atoms with Gasteiger partial charge in [-0.15, -0.1) is 0 Å². The molecule has 1 N–H and O–H groups in total. The Labute approximate surface area is 106 Å². The van der Waals surface area contributed by atoms with Crippen LogP contribution in [0.4, 0.5) is 4.79 Å².